The van der Waals surface area contributed by atoms with E-state index in [1.165, 1.54) is 19.2 Å². The van der Waals surface area contributed by atoms with Crippen LogP contribution in [0.1, 0.15) is 36.5 Å². The Labute approximate surface area is 119 Å². The normalized spacial score (nSPS) is 12.0. The number of aliphatic hydroxyl groups excluding tert-OH is 1. The summed E-state index contributed by atoms with van der Waals surface area (Å²) in [5.74, 6) is -0.261. The first kappa shape index (κ1) is 16.4. The van der Waals surface area contributed by atoms with Crippen molar-refractivity contribution in [2.75, 3.05) is 20.3 Å². The van der Waals surface area contributed by atoms with Gasteiger partial charge in [-0.25, -0.2) is 4.39 Å². The van der Waals surface area contributed by atoms with Crippen LogP contribution in [0.2, 0.25) is 0 Å². The third kappa shape index (κ3) is 4.81. The average Bonchev–Trinajstić information content (AvgIpc) is 2.45. The number of methoxy groups -OCH3 is 1. The van der Waals surface area contributed by atoms with Crippen molar-refractivity contribution in [1.82, 2.24) is 5.32 Å². The van der Waals surface area contributed by atoms with Crippen molar-refractivity contribution < 1.29 is 19.0 Å². The molecule has 0 aliphatic heterocycles. The molecule has 5 heteroatoms. The SMILES string of the molecule is CCCC(CCO)CNC(=O)c1cc(F)ccc1OC. The second kappa shape index (κ2) is 8.53. The number of amides is 1. The van der Waals surface area contributed by atoms with Crippen LogP contribution in [0.4, 0.5) is 4.39 Å². The van der Waals surface area contributed by atoms with E-state index in [1.807, 2.05) is 0 Å². The molecule has 0 saturated heterocycles. The minimum absolute atomic E-state index is 0.101. The van der Waals surface area contributed by atoms with Crippen molar-refractivity contribution in [2.45, 2.75) is 26.2 Å². The van der Waals surface area contributed by atoms with Gasteiger partial charge < -0.3 is 15.2 Å². The lowest BCUT2D eigenvalue weighted by molar-refractivity contribution is 0.0939. The zero-order valence-corrected chi connectivity index (χ0v) is 12.0. The molecule has 1 unspecified atom stereocenters. The second-order valence-electron chi connectivity index (χ2n) is 4.72. The number of aliphatic hydroxyl groups is 1. The first-order valence-corrected chi connectivity index (χ1v) is 6.85. The largest absolute Gasteiger partial charge is 0.496 e. The Bertz CT molecular complexity index is 431. The lowest BCUT2D eigenvalue weighted by atomic mass is 10.00. The van der Waals surface area contributed by atoms with Crippen LogP contribution in [0, 0.1) is 11.7 Å². The first-order chi connectivity index (χ1) is 9.62. The highest BCUT2D eigenvalue weighted by Crippen LogP contribution is 2.19. The molecule has 0 spiro atoms. The minimum atomic E-state index is -0.476. The van der Waals surface area contributed by atoms with Crippen LogP contribution in [-0.2, 0) is 0 Å². The number of rotatable bonds is 8. The van der Waals surface area contributed by atoms with Crippen LogP contribution in [0.25, 0.3) is 0 Å². The molecule has 1 amide bonds. The standard InChI is InChI=1S/C15H22FNO3/c1-3-4-11(7-8-18)10-17-15(19)13-9-12(16)5-6-14(13)20-2/h5-6,9,11,18H,3-4,7-8,10H2,1-2H3,(H,17,19). The highest BCUT2D eigenvalue weighted by atomic mass is 19.1. The van der Waals surface area contributed by atoms with E-state index in [1.54, 1.807) is 0 Å². The molecule has 20 heavy (non-hydrogen) atoms. The molecule has 1 rings (SSSR count). The third-order valence-electron chi connectivity index (χ3n) is 3.19. The van der Waals surface area contributed by atoms with Gasteiger partial charge in [0, 0.05) is 13.2 Å². The minimum Gasteiger partial charge on any atom is -0.496 e. The molecular weight excluding hydrogens is 261 g/mol. The van der Waals surface area contributed by atoms with Crippen LogP contribution in [0.15, 0.2) is 18.2 Å². The van der Waals surface area contributed by atoms with Gasteiger partial charge in [-0.15, -0.1) is 0 Å². The maximum Gasteiger partial charge on any atom is 0.255 e. The zero-order chi connectivity index (χ0) is 15.0. The summed E-state index contributed by atoms with van der Waals surface area (Å²) in [5, 5.41) is 11.8. The number of benzene rings is 1. The van der Waals surface area contributed by atoms with Crippen LogP contribution < -0.4 is 10.1 Å². The highest BCUT2D eigenvalue weighted by molar-refractivity contribution is 5.96. The first-order valence-electron chi connectivity index (χ1n) is 6.85. The van der Waals surface area contributed by atoms with Gasteiger partial charge in [0.2, 0.25) is 0 Å². The topological polar surface area (TPSA) is 58.6 Å². The fourth-order valence-electron chi connectivity index (χ4n) is 2.13. The number of carbonyl (C=O) groups is 1. The van der Waals surface area contributed by atoms with Gasteiger partial charge in [-0.05, 0) is 37.0 Å². The Kier molecular flexibility index (Phi) is 7.01. The quantitative estimate of drug-likeness (QED) is 0.770. The van der Waals surface area contributed by atoms with Crippen molar-refractivity contribution in [1.29, 1.82) is 0 Å². The van der Waals surface area contributed by atoms with Crippen LogP contribution in [0.3, 0.4) is 0 Å². The fraction of sp³-hybridized carbons (Fsp3) is 0.533. The predicted molar refractivity (Wildman–Crippen MR) is 75.4 cm³/mol. The molecule has 1 atom stereocenters. The molecule has 0 radical (unpaired) electrons. The van der Waals surface area contributed by atoms with Gasteiger partial charge >= 0.3 is 0 Å². The number of nitrogens with one attached hydrogen (secondary N) is 1. The van der Waals surface area contributed by atoms with E-state index < -0.39 is 5.82 Å². The number of hydrogen-bond acceptors (Lipinski definition) is 3. The van der Waals surface area contributed by atoms with Crippen LogP contribution in [-0.4, -0.2) is 31.3 Å². The number of halogens is 1. The summed E-state index contributed by atoms with van der Waals surface area (Å²) < 4.78 is 18.3. The molecule has 0 saturated carbocycles. The predicted octanol–water partition coefficient (Wildman–Crippen LogP) is 2.36. The number of carbonyl (C=O) groups excluding carboxylic acids is 1. The number of ether oxygens (including phenoxy) is 1. The van der Waals surface area contributed by atoms with Crippen LogP contribution in [0.5, 0.6) is 5.75 Å². The molecule has 0 aliphatic carbocycles. The van der Waals surface area contributed by atoms with Gasteiger partial charge in [0.1, 0.15) is 11.6 Å². The van der Waals surface area contributed by atoms with E-state index >= 15 is 0 Å². The Morgan fingerprint density at radius 2 is 2.20 bits per heavy atom. The summed E-state index contributed by atoms with van der Waals surface area (Å²) >= 11 is 0. The van der Waals surface area contributed by atoms with E-state index in [0.29, 0.717) is 18.7 Å². The van der Waals surface area contributed by atoms with E-state index in [9.17, 15) is 9.18 Å². The summed E-state index contributed by atoms with van der Waals surface area (Å²) in [6, 6.07) is 3.85. The number of hydrogen-bond donors (Lipinski definition) is 2. The molecule has 2 N–H and O–H groups in total. The molecule has 0 heterocycles. The molecule has 0 bridgehead atoms. The summed E-state index contributed by atoms with van der Waals surface area (Å²) in [6.45, 7) is 2.62. The van der Waals surface area contributed by atoms with Gasteiger partial charge in [0.25, 0.3) is 5.91 Å². The molecule has 4 nitrogen and oxygen atoms in total. The Morgan fingerprint density at radius 1 is 1.45 bits per heavy atom. The molecule has 112 valence electrons. The van der Waals surface area contributed by atoms with Crippen molar-refractivity contribution in [2.24, 2.45) is 5.92 Å². The van der Waals surface area contributed by atoms with E-state index in [0.717, 1.165) is 18.9 Å². The van der Waals surface area contributed by atoms with Crippen LogP contribution >= 0.6 is 0 Å². The van der Waals surface area contributed by atoms with Crippen molar-refractivity contribution in [3.8, 4) is 5.75 Å². The van der Waals surface area contributed by atoms with Crippen molar-refractivity contribution >= 4 is 5.91 Å². The zero-order valence-electron chi connectivity index (χ0n) is 12.0. The summed E-state index contributed by atoms with van der Waals surface area (Å²) in [6.07, 6.45) is 2.57. The molecule has 0 aromatic heterocycles. The summed E-state index contributed by atoms with van der Waals surface area (Å²) in [5.41, 5.74) is 0.187. The summed E-state index contributed by atoms with van der Waals surface area (Å²) in [7, 11) is 1.44. The molecule has 1 aromatic rings. The van der Waals surface area contributed by atoms with Gasteiger partial charge in [0.15, 0.2) is 0 Å². The van der Waals surface area contributed by atoms with E-state index in [4.69, 9.17) is 9.84 Å². The second-order valence-corrected chi connectivity index (χ2v) is 4.72. The molecule has 0 aliphatic rings. The lowest BCUT2D eigenvalue weighted by Gasteiger charge is -2.16. The Balaban J connectivity index is 2.68. The van der Waals surface area contributed by atoms with Gasteiger partial charge in [0.05, 0.1) is 12.7 Å². The maximum absolute atomic E-state index is 13.2. The summed E-state index contributed by atoms with van der Waals surface area (Å²) in [4.78, 5) is 12.1. The lowest BCUT2D eigenvalue weighted by Crippen LogP contribution is -2.30. The Hall–Kier alpha value is -1.62. The van der Waals surface area contributed by atoms with Gasteiger partial charge in [-0.1, -0.05) is 13.3 Å². The van der Waals surface area contributed by atoms with Crippen molar-refractivity contribution in [3.63, 3.8) is 0 Å². The monoisotopic (exact) mass is 283 g/mol. The van der Waals surface area contributed by atoms with Gasteiger partial charge in [-0.3, -0.25) is 4.79 Å². The average molecular weight is 283 g/mol. The molecule has 1 aromatic carbocycles. The van der Waals surface area contributed by atoms with E-state index in [-0.39, 0.29) is 24.0 Å². The highest BCUT2D eigenvalue weighted by Gasteiger charge is 2.15. The fourth-order valence-corrected chi connectivity index (χ4v) is 2.13. The Morgan fingerprint density at radius 3 is 2.80 bits per heavy atom. The molecule has 0 fully saturated rings. The molecular formula is C15H22FNO3. The van der Waals surface area contributed by atoms with Gasteiger partial charge in [-0.2, -0.15) is 0 Å². The smallest absolute Gasteiger partial charge is 0.255 e. The third-order valence-corrected chi connectivity index (χ3v) is 3.19. The van der Waals surface area contributed by atoms with E-state index in [2.05, 4.69) is 12.2 Å². The maximum atomic E-state index is 13.2. The van der Waals surface area contributed by atoms with Crippen molar-refractivity contribution in [3.05, 3.63) is 29.6 Å².